The molecule has 1 amide bonds. The summed E-state index contributed by atoms with van der Waals surface area (Å²) in [5, 5.41) is 16.8. The molecular formula is C30H33F2N5O4S. The summed E-state index contributed by atoms with van der Waals surface area (Å²) in [7, 11) is -2.35. The van der Waals surface area contributed by atoms with Crippen LogP contribution in [0.1, 0.15) is 34.0 Å². The number of halogens is 2. The molecule has 0 fully saturated rings. The Kier molecular flexibility index (Phi) is 10.0. The molecule has 1 aromatic heterocycles. The monoisotopic (exact) mass is 597 g/mol. The molecule has 4 rings (SSSR count). The number of aryl methyl sites for hydroxylation is 2. The standard InChI is InChI=1S/C30H33F2N5O4S/c1-3-20-6-4-7-21(10-20)16-33-17-28(38)27(13-22-11-24(31)15-25(32)12-22)35-30(39)23-8-5-9-26(14-23)36-42(40,41)29-18-37(2)19-34-29/h4-12,14-15,18-19,27-28,33,36,38H,3,13,16-17H2,1-2H3,(H,35,39)/t27-,28-/m0/s1. The highest BCUT2D eigenvalue weighted by atomic mass is 32.2. The van der Waals surface area contributed by atoms with Crippen molar-refractivity contribution in [3.63, 3.8) is 0 Å². The molecule has 0 bridgehead atoms. The van der Waals surface area contributed by atoms with E-state index in [1.807, 2.05) is 18.2 Å². The summed E-state index contributed by atoms with van der Waals surface area (Å²) in [6.07, 6.45) is 2.40. The van der Waals surface area contributed by atoms with Gasteiger partial charge >= 0.3 is 0 Å². The van der Waals surface area contributed by atoms with Gasteiger partial charge in [-0.25, -0.2) is 13.8 Å². The van der Waals surface area contributed by atoms with Crippen LogP contribution < -0.4 is 15.4 Å². The van der Waals surface area contributed by atoms with Crippen molar-refractivity contribution in [1.82, 2.24) is 20.2 Å². The first-order chi connectivity index (χ1) is 20.0. The second-order valence-corrected chi connectivity index (χ2v) is 11.6. The second-order valence-electron chi connectivity index (χ2n) is 10.00. The quantitative estimate of drug-likeness (QED) is 0.187. The van der Waals surface area contributed by atoms with Crippen LogP contribution in [0.2, 0.25) is 0 Å². The van der Waals surface area contributed by atoms with E-state index in [0.29, 0.717) is 6.54 Å². The number of nitrogens with one attached hydrogen (secondary N) is 3. The number of hydrogen-bond acceptors (Lipinski definition) is 6. The second kappa shape index (κ2) is 13.7. The van der Waals surface area contributed by atoms with Crippen LogP contribution in [-0.4, -0.2) is 47.7 Å². The highest BCUT2D eigenvalue weighted by Crippen LogP contribution is 2.17. The highest BCUT2D eigenvalue weighted by molar-refractivity contribution is 7.92. The Morgan fingerprint density at radius 2 is 1.71 bits per heavy atom. The highest BCUT2D eigenvalue weighted by Gasteiger charge is 2.24. The Hall–Kier alpha value is -4.13. The van der Waals surface area contributed by atoms with E-state index >= 15 is 0 Å². The molecule has 0 aliphatic heterocycles. The summed E-state index contributed by atoms with van der Waals surface area (Å²) < 4.78 is 57.0. The zero-order valence-corrected chi connectivity index (χ0v) is 24.0. The van der Waals surface area contributed by atoms with E-state index in [1.54, 1.807) is 7.05 Å². The third-order valence-electron chi connectivity index (χ3n) is 6.57. The molecule has 0 aliphatic rings. The van der Waals surface area contributed by atoms with Crippen LogP contribution in [0.25, 0.3) is 0 Å². The SMILES string of the molecule is CCc1cccc(CNC[C@H](O)[C@H](Cc2cc(F)cc(F)c2)NC(=O)c2cccc(NS(=O)(=O)c3cn(C)cn3)c2)c1. The molecule has 0 aliphatic carbocycles. The first-order valence-electron chi connectivity index (χ1n) is 13.4. The van der Waals surface area contributed by atoms with Crippen molar-refractivity contribution in [2.75, 3.05) is 11.3 Å². The lowest BCUT2D eigenvalue weighted by atomic mass is 10.00. The van der Waals surface area contributed by atoms with Gasteiger partial charge in [-0.15, -0.1) is 0 Å². The number of sulfonamides is 1. The number of rotatable bonds is 13. The normalized spacial score (nSPS) is 13.0. The number of carbonyl (C=O) groups is 1. The molecule has 42 heavy (non-hydrogen) atoms. The lowest BCUT2D eigenvalue weighted by molar-refractivity contribution is 0.0830. The van der Waals surface area contributed by atoms with E-state index in [1.165, 1.54) is 46.9 Å². The molecular weight excluding hydrogens is 564 g/mol. The van der Waals surface area contributed by atoms with Gasteiger partial charge in [0.2, 0.25) is 0 Å². The first-order valence-corrected chi connectivity index (χ1v) is 14.8. The van der Waals surface area contributed by atoms with Crippen LogP contribution in [0.4, 0.5) is 14.5 Å². The largest absolute Gasteiger partial charge is 0.390 e. The predicted molar refractivity (Wildman–Crippen MR) is 155 cm³/mol. The smallest absolute Gasteiger partial charge is 0.280 e. The first kappa shape index (κ1) is 30.8. The van der Waals surface area contributed by atoms with Crippen molar-refractivity contribution in [1.29, 1.82) is 0 Å². The molecule has 0 saturated heterocycles. The summed E-state index contributed by atoms with van der Waals surface area (Å²) in [6, 6.07) is 15.9. The Morgan fingerprint density at radius 3 is 2.40 bits per heavy atom. The molecule has 9 nitrogen and oxygen atoms in total. The number of imidazole rings is 1. The van der Waals surface area contributed by atoms with E-state index in [-0.39, 0.29) is 34.8 Å². The zero-order valence-electron chi connectivity index (χ0n) is 23.2. The summed E-state index contributed by atoms with van der Waals surface area (Å²) in [6.45, 7) is 2.62. The van der Waals surface area contributed by atoms with Crippen molar-refractivity contribution in [2.24, 2.45) is 7.05 Å². The molecule has 12 heteroatoms. The van der Waals surface area contributed by atoms with Crippen molar-refractivity contribution >= 4 is 21.6 Å². The summed E-state index contributed by atoms with van der Waals surface area (Å²) in [5.41, 5.74) is 2.71. The molecule has 4 N–H and O–H groups in total. The summed E-state index contributed by atoms with van der Waals surface area (Å²) in [5.74, 6) is -2.15. The Morgan fingerprint density at radius 1 is 1.00 bits per heavy atom. The third kappa shape index (κ3) is 8.44. The third-order valence-corrected chi connectivity index (χ3v) is 7.84. The number of anilines is 1. The molecule has 4 aromatic rings. The van der Waals surface area contributed by atoms with Crippen LogP contribution in [0, 0.1) is 11.6 Å². The van der Waals surface area contributed by atoms with E-state index < -0.39 is 39.7 Å². The van der Waals surface area contributed by atoms with Gasteiger partial charge in [-0.1, -0.05) is 37.3 Å². The van der Waals surface area contributed by atoms with Crippen molar-refractivity contribution < 1.29 is 27.1 Å². The van der Waals surface area contributed by atoms with Gasteiger partial charge in [0.25, 0.3) is 15.9 Å². The number of aliphatic hydroxyl groups excluding tert-OH is 1. The van der Waals surface area contributed by atoms with Crippen LogP contribution in [0.3, 0.4) is 0 Å². The fourth-order valence-corrected chi connectivity index (χ4v) is 5.48. The molecule has 0 radical (unpaired) electrons. The van der Waals surface area contributed by atoms with Crippen LogP contribution in [0.5, 0.6) is 0 Å². The van der Waals surface area contributed by atoms with Gasteiger partial charge in [0, 0.05) is 43.7 Å². The Bertz CT molecular complexity index is 1620. The van der Waals surface area contributed by atoms with Gasteiger partial charge in [-0.3, -0.25) is 9.52 Å². The average molecular weight is 598 g/mol. The van der Waals surface area contributed by atoms with Crippen LogP contribution >= 0.6 is 0 Å². The fourth-order valence-electron chi connectivity index (χ4n) is 4.44. The van der Waals surface area contributed by atoms with Crippen molar-refractivity contribution in [3.05, 3.63) is 113 Å². The molecule has 2 atom stereocenters. The van der Waals surface area contributed by atoms with Crippen molar-refractivity contribution in [3.8, 4) is 0 Å². The summed E-state index contributed by atoms with van der Waals surface area (Å²) >= 11 is 0. The lowest BCUT2D eigenvalue weighted by Crippen LogP contribution is -2.48. The minimum absolute atomic E-state index is 0.0550. The van der Waals surface area contributed by atoms with Crippen LogP contribution in [0.15, 0.2) is 84.3 Å². The zero-order chi connectivity index (χ0) is 30.3. The molecule has 0 unspecified atom stereocenters. The number of hydrogen-bond donors (Lipinski definition) is 4. The number of aliphatic hydroxyl groups is 1. The molecule has 3 aromatic carbocycles. The van der Waals surface area contributed by atoms with E-state index in [4.69, 9.17) is 0 Å². The molecule has 1 heterocycles. The number of aromatic nitrogens is 2. The number of nitrogens with zero attached hydrogens (tertiary/aromatic N) is 2. The van der Waals surface area contributed by atoms with E-state index in [2.05, 4.69) is 33.3 Å². The fraction of sp³-hybridized carbons (Fsp3) is 0.267. The number of amides is 1. The van der Waals surface area contributed by atoms with Gasteiger partial charge in [-0.2, -0.15) is 8.42 Å². The average Bonchev–Trinajstić information content (AvgIpc) is 3.39. The maximum Gasteiger partial charge on any atom is 0.280 e. The van der Waals surface area contributed by atoms with Gasteiger partial charge in [0.1, 0.15) is 11.6 Å². The molecule has 222 valence electrons. The molecule has 0 spiro atoms. The van der Waals surface area contributed by atoms with Crippen molar-refractivity contribution in [2.45, 2.75) is 43.5 Å². The van der Waals surface area contributed by atoms with Gasteiger partial charge in [0.05, 0.1) is 18.5 Å². The number of carbonyl (C=O) groups excluding carboxylic acids is 1. The molecule has 0 saturated carbocycles. The van der Waals surface area contributed by atoms with E-state index in [0.717, 1.165) is 30.2 Å². The minimum atomic E-state index is -3.99. The predicted octanol–water partition coefficient (Wildman–Crippen LogP) is 3.55. The van der Waals surface area contributed by atoms with Gasteiger partial charge in [-0.05, 0) is 59.9 Å². The Balaban J connectivity index is 1.48. The minimum Gasteiger partial charge on any atom is -0.390 e. The maximum atomic E-state index is 13.9. The summed E-state index contributed by atoms with van der Waals surface area (Å²) in [4.78, 5) is 17.1. The van der Waals surface area contributed by atoms with E-state index in [9.17, 15) is 27.1 Å². The Labute approximate surface area is 243 Å². The van der Waals surface area contributed by atoms with Gasteiger partial charge < -0.3 is 20.3 Å². The lowest BCUT2D eigenvalue weighted by Gasteiger charge is -2.25. The number of benzene rings is 3. The van der Waals surface area contributed by atoms with Gasteiger partial charge in [0.15, 0.2) is 5.03 Å². The maximum absolute atomic E-state index is 13.9. The van der Waals surface area contributed by atoms with Crippen LogP contribution in [-0.2, 0) is 36.5 Å². The topological polar surface area (TPSA) is 125 Å².